The van der Waals surface area contributed by atoms with Gasteiger partial charge in [0, 0.05) is 39.1 Å². The summed E-state index contributed by atoms with van der Waals surface area (Å²) in [5.41, 5.74) is 2.65. The van der Waals surface area contributed by atoms with E-state index < -0.39 is 0 Å². The molecule has 1 aromatic heterocycles. The van der Waals surface area contributed by atoms with Gasteiger partial charge in [0.2, 0.25) is 5.91 Å². The molecule has 0 atom stereocenters. The van der Waals surface area contributed by atoms with E-state index in [0.29, 0.717) is 12.3 Å². The summed E-state index contributed by atoms with van der Waals surface area (Å²) >= 11 is 1.70. The lowest BCUT2D eigenvalue weighted by Crippen LogP contribution is -2.48. The van der Waals surface area contributed by atoms with Gasteiger partial charge < -0.3 is 4.90 Å². The Bertz CT molecular complexity index is 861. The number of carbonyl (C=O) groups is 1. The number of benzene rings is 2. The molecule has 1 saturated heterocycles. The van der Waals surface area contributed by atoms with Crippen molar-refractivity contribution in [2.45, 2.75) is 19.4 Å². The predicted octanol–water partition coefficient (Wildman–Crippen LogP) is 4.18. The number of amides is 1. The summed E-state index contributed by atoms with van der Waals surface area (Å²) in [5, 5.41) is 6.85. The van der Waals surface area contributed by atoms with Gasteiger partial charge in [-0.25, -0.2) is 0 Å². The zero-order valence-electron chi connectivity index (χ0n) is 14.9. The number of hydrogen-bond acceptors (Lipinski definition) is 3. The van der Waals surface area contributed by atoms with Gasteiger partial charge in [0.25, 0.3) is 0 Å². The second-order valence-corrected chi connectivity index (χ2v) is 7.71. The molecule has 2 heterocycles. The van der Waals surface area contributed by atoms with E-state index in [0.717, 1.165) is 39.1 Å². The highest BCUT2D eigenvalue weighted by Gasteiger charge is 2.21. The first kappa shape index (κ1) is 17.3. The van der Waals surface area contributed by atoms with E-state index in [9.17, 15) is 4.79 Å². The van der Waals surface area contributed by atoms with Crippen LogP contribution < -0.4 is 0 Å². The first-order chi connectivity index (χ1) is 12.8. The molecule has 0 bridgehead atoms. The fourth-order valence-electron chi connectivity index (χ4n) is 3.67. The molecule has 1 amide bonds. The number of piperazine rings is 1. The molecule has 4 heteroatoms. The van der Waals surface area contributed by atoms with E-state index in [-0.39, 0.29) is 0 Å². The molecule has 0 saturated carbocycles. The lowest BCUT2D eigenvalue weighted by atomic mass is 10.0. The Labute approximate surface area is 158 Å². The Morgan fingerprint density at radius 1 is 0.962 bits per heavy atom. The number of rotatable bonds is 5. The molecule has 4 rings (SSSR count). The lowest BCUT2D eigenvalue weighted by molar-refractivity contribution is -0.132. The smallest absolute Gasteiger partial charge is 0.222 e. The molecule has 1 fully saturated rings. The van der Waals surface area contributed by atoms with Crippen LogP contribution in [0.3, 0.4) is 0 Å². The minimum Gasteiger partial charge on any atom is -0.340 e. The number of carbonyl (C=O) groups excluding carboxylic acids is 1. The molecule has 0 aliphatic carbocycles. The van der Waals surface area contributed by atoms with E-state index in [1.54, 1.807) is 11.3 Å². The van der Waals surface area contributed by atoms with Gasteiger partial charge in [0.05, 0.1) is 0 Å². The van der Waals surface area contributed by atoms with Crippen molar-refractivity contribution in [1.29, 1.82) is 0 Å². The summed E-state index contributed by atoms with van der Waals surface area (Å²) in [6, 6.07) is 17.2. The van der Waals surface area contributed by atoms with Crippen LogP contribution in [0.1, 0.15) is 17.5 Å². The van der Waals surface area contributed by atoms with Crippen molar-refractivity contribution in [3.8, 4) is 0 Å². The topological polar surface area (TPSA) is 23.6 Å². The van der Waals surface area contributed by atoms with Crippen molar-refractivity contribution in [3.05, 3.63) is 70.4 Å². The zero-order chi connectivity index (χ0) is 17.8. The van der Waals surface area contributed by atoms with Crippen molar-refractivity contribution < 1.29 is 4.79 Å². The molecule has 3 nitrogen and oxygen atoms in total. The SMILES string of the molecule is O=C(CCc1ccsc1)N1CCN(Cc2cccc3ccccc23)CC1. The van der Waals surface area contributed by atoms with Crippen LogP contribution in [-0.2, 0) is 17.8 Å². The van der Waals surface area contributed by atoms with Gasteiger partial charge in [-0.1, -0.05) is 42.5 Å². The van der Waals surface area contributed by atoms with Crippen molar-refractivity contribution >= 4 is 28.0 Å². The average molecular weight is 365 g/mol. The minimum atomic E-state index is 0.293. The maximum Gasteiger partial charge on any atom is 0.222 e. The largest absolute Gasteiger partial charge is 0.340 e. The molecule has 3 aromatic rings. The number of aryl methyl sites for hydroxylation is 1. The van der Waals surface area contributed by atoms with E-state index >= 15 is 0 Å². The Balaban J connectivity index is 1.31. The van der Waals surface area contributed by atoms with Gasteiger partial charge in [0.15, 0.2) is 0 Å². The highest BCUT2D eigenvalue weighted by molar-refractivity contribution is 7.07. The minimum absolute atomic E-state index is 0.293. The Kier molecular flexibility index (Phi) is 5.32. The maximum atomic E-state index is 12.4. The van der Waals surface area contributed by atoms with Crippen molar-refractivity contribution in [2.24, 2.45) is 0 Å². The quantitative estimate of drug-likeness (QED) is 0.678. The predicted molar refractivity (Wildman–Crippen MR) is 108 cm³/mol. The third-order valence-corrected chi connectivity index (χ3v) is 5.94. The normalized spacial score (nSPS) is 15.5. The molecular formula is C22H24N2OS. The Hall–Kier alpha value is -2.17. The van der Waals surface area contributed by atoms with Crippen LogP contribution in [0.5, 0.6) is 0 Å². The van der Waals surface area contributed by atoms with Crippen LogP contribution in [0.2, 0.25) is 0 Å². The second-order valence-electron chi connectivity index (χ2n) is 6.93. The molecule has 0 unspecified atom stereocenters. The van der Waals surface area contributed by atoms with Gasteiger partial charge in [0.1, 0.15) is 0 Å². The lowest BCUT2D eigenvalue weighted by Gasteiger charge is -2.35. The first-order valence-corrected chi connectivity index (χ1v) is 10.2. The van der Waals surface area contributed by atoms with E-state index in [1.165, 1.54) is 21.9 Å². The number of fused-ring (bicyclic) bond motifs is 1. The first-order valence-electron chi connectivity index (χ1n) is 9.27. The van der Waals surface area contributed by atoms with E-state index in [2.05, 4.69) is 64.2 Å². The van der Waals surface area contributed by atoms with Crippen LogP contribution in [0, 0.1) is 0 Å². The third-order valence-electron chi connectivity index (χ3n) is 5.21. The van der Waals surface area contributed by atoms with Gasteiger partial charge in [-0.05, 0) is 45.1 Å². The highest BCUT2D eigenvalue weighted by Crippen LogP contribution is 2.20. The molecule has 26 heavy (non-hydrogen) atoms. The van der Waals surface area contributed by atoms with Crippen molar-refractivity contribution in [2.75, 3.05) is 26.2 Å². The van der Waals surface area contributed by atoms with Gasteiger partial charge in [-0.2, -0.15) is 11.3 Å². The van der Waals surface area contributed by atoms with Crippen LogP contribution >= 0.6 is 11.3 Å². The summed E-state index contributed by atoms with van der Waals surface area (Å²) < 4.78 is 0. The number of thiophene rings is 1. The van der Waals surface area contributed by atoms with Crippen LogP contribution in [0.4, 0.5) is 0 Å². The van der Waals surface area contributed by atoms with Gasteiger partial charge in [-0.3, -0.25) is 9.69 Å². The average Bonchev–Trinajstić information content (AvgIpc) is 3.21. The summed E-state index contributed by atoms with van der Waals surface area (Å²) in [6.07, 6.45) is 1.48. The van der Waals surface area contributed by atoms with E-state index in [1.807, 2.05) is 4.90 Å². The summed E-state index contributed by atoms with van der Waals surface area (Å²) in [6.45, 7) is 4.54. The molecule has 1 aliphatic rings. The second kappa shape index (κ2) is 8.02. The molecule has 0 spiro atoms. The highest BCUT2D eigenvalue weighted by atomic mass is 32.1. The molecule has 0 N–H and O–H groups in total. The summed E-state index contributed by atoms with van der Waals surface area (Å²) in [4.78, 5) is 16.9. The maximum absolute atomic E-state index is 12.4. The standard InChI is InChI=1S/C22H24N2OS/c25-22(9-8-18-10-15-26-17-18)24-13-11-23(12-14-24)16-20-6-3-5-19-4-1-2-7-21(19)20/h1-7,10,15,17H,8-9,11-14,16H2. The zero-order valence-corrected chi connectivity index (χ0v) is 15.8. The Morgan fingerprint density at radius 3 is 2.58 bits per heavy atom. The molecule has 2 aromatic carbocycles. The fourth-order valence-corrected chi connectivity index (χ4v) is 4.37. The Morgan fingerprint density at radius 2 is 1.77 bits per heavy atom. The summed E-state index contributed by atoms with van der Waals surface area (Å²) in [7, 11) is 0. The number of hydrogen-bond donors (Lipinski definition) is 0. The summed E-state index contributed by atoms with van der Waals surface area (Å²) in [5.74, 6) is 0.293. The van der Waals surface area contributed by atoms with Crippen molar-refractivity contribution in [3.63, 3.8) is 0 Å². The van der Waals surface area contributed by atoms with Crippen molar-refractivity contribution in [1.82, 2.24) is 9.80 Å². The van der Waals surface area contributed by atoms with Crippen LogP contribution in [0.25, 0.3) is 10.8 Å². The molecular weight excluding hydrogens is 340 g/mol. The van der Waals surface area contributed by atoms with E-state index in [4.69, 9.17) is 0 Å². The molecule has 134 valence electrons. The molecule has 1 aliphatic heterocycles. The van der Waals surface area contributed by atoms with Gasteiger partial charge >= 0.3 is 0 Å². The monoisotopic (exact) mass is 364 g/mol. The number of nitrogens with zero attached hydrogens (tertiary/aromatic N) is 2. The van der Waals surface area contributed by atoms with Gasteiger partial charge in [-0.15, -0.1) is 0 Å². The van der Waals surface area contributed by atoms with Crippen LogP contribution in [-0.4, -0.2) is 41.9 Å². The third kappa shape index (κ3) is 3.97. The fraction of sp³-hybridized carbons (Fsp3) is 0.318. The molecule has 0 radical (unpaired) electrons. The van der Waals surface area contributed by atoms with Crippen LogP contribution in [0.15, 0.2) is 59.3 Å².